The molecular weight excluding hydrogens is 516 g/mol. The summed E-state index contributed by atoms with van der Waals surface area (Å²) in [4.78, 5) is 56.6. The molecule has 1 aromatic carbocycles. The zero-order chi connectivity index (χ0) is 29.7. The number of carbonyl (C=O) groups is 4. The van der Waals surface area contributed by atoms with Crippen LogP contribution >= 0.6 is 0 Å². The van der Waals surface area contributed by atoms with Crippen molar-refractivity contribution in [1.29, 1.82) is 0 Å². The summed E-state index contributed by atoms with van der Waals surface area (Å²) in [5.41, 5.74) is -1.17. The van der Waals surface area contributed by atoms with E-state index >= 15 is 0 Å². The van der Waals surface area contributed by atoms with Crippen LogP contribution in [0, 0.1) is 11.8 Å². The monoisotopic (exact) mass is 554 g/mol. The van der Waals surface area contributed by atoms with E-state index in [1.807, 2.05) is 32.0 Å². The highest BCUT2D eigenvalue weighted by Gasteiger charge is 2.64. The van der Waals surface area contributed by atoms with Crippen molar-refractivity contribution in [3.63, 3.8) is 0 Å². The van der Waals surface area contributed by atoms with Crippen LogP contribution in [0.25, 0.3) is 0 Å². The Balaban J connectivity index is 2.02. The van der Waals surface area contributed by atoms with Crippen molar-refractivity contribution in [3.05, 3.63) is 45.9 Å². The van der Waals surface area contributed by atoms with Gasteiger partial charge in [0.05, 0.1) is 18.2 Å². The molecule has 0 amide bonds. The molecule has 0 aromatic heterocycles. The van der Waals surface area contributed by atoms with Gasteiger partial charge in [-0.2, -0.15) is 0 Å². The van der Waals surface area contributed by atoms with Gasteiger partial charge in [-0.05, 0) is 63.9 Å². The highest BCUT2D eigenvalue weighted by atomic mass is 16.5. The van der Waals surface area contributed by atoms with Gasteiger partial charge in [0, 0.05) is 38.2 Å². The maximum absolute atomic E-state index is 14.4. The molecule has 1 unspecified atom stereocenters. The number of Topliss-reactive ketones (excluding diaryl/α,β-unsaturated/α-hetero) is 3. The fourth-order valence-electron chi connectivity index (χ4n) is 6.44. The minimum atomic E-state index is -2.52. The van der Waals surface area contributed by atoms with Gasteiger partial charge in [0.2, 0.25) is 5.78 Å². The maximum atomic E-state index is 14.4. The van der Waals surface area contributed by atoms with Gasteiger partial charge in [-0.15, -0.1) is 0 Å². The number of ether oxygens (including phenoxy) is 2. The van der Waals surface area contributed by atoms with Crippen molar-refractivity contribution in [1.82, 2.24) is 4.90 Å². The molecule has 2 N–H and O–H groups in total. The van der Waals surface area contributed by atoms with E-state index in [0.29, 0.717) is 24.3 Å². The van der Waals surface area contributed by atoms with Gasteiger partial charge >= 0.3 is 5.97 Å². The standard InChI is InChI=1S/C30H38N2O8/c1-8-9-12-39-21-11-10-20(31(4)5)18-13-17-14-19-25(32(6)7)27(36)22(15(2)33)28(37)30(19,38)29(40-16(3)34)23(17)26(35)24(18)21/h10-11,17,19,25,36,38H,8-9,12-14H2,1-7H3/t17-,19-,25?,30+/m0/s1. The molecular formula is C30H38N2O8. The lowest BCUT2D eigenvalue weighted by Gasteiger charge is -2.51. The predicted octanol–water partition coefficient (Wildman–Crippen LogP) is 2.77. The molecule has 0 fully saturated rings. The summed E-state index contributed by atoms with van der Waals surface area (Å²) in [7, 11) is 7.07. The number of ketones is 3. The zero-order valence-electron chi connectivity index (χ0n) is 24.2. The second kappa shape index (κ2) is 10.8. The zero-order valence-corrected chi connectivity index (χ0v) is 24.2. The third kappa shape index (κ3) is 4.53. The number of hydrogen-bond acceptors (Lipinski definition) is 10. The lowest BCUT2D eigenvalue weighted by Crippen LogP contribution is -2.63. The number of esters is 1. The number of rotatable bonds is 8. The van der Waals surface area contributed by atoms with E-state index in [4.69, 9.17) is 9.47 Å². The van der Waals surface area contributed by atoms with Gasteiger partial charge in [0.15, 0.2) is 22.9 Å². The fourth-order valence-corrected chi connectivity index (χ4v) is 6.44. The summed E-state index contributed by atoms with van der Waals surface area (Å²) in [6, 6.07) is 2.69. The Hall–Kier alpha value is -3.50. The van der Waals surface area contributed by atoms with Crippen LogP contribution in [-0.2, 0) is 25.5 Å². The topological polar surface area (TPSA) is 134 Å². The number of aliphatic hydroxyl groups is 2. The van der Waals surface area contributed by atoms with Crippen LogP contribution < -0.4 is 9.64 Å². The van der Waals surface area contributed by atoms with Crippen molar-refractivity contribution < 1.29 is 38.9 Å². The molecule has 0 bridgehead atoms. The van der Waals surface area contributed by atoms with Gasteiger partial charge in [0.1, 0.15) is 17.1 Å². The molecule has 0 spiro atoms. The molecule has 0 saturated heterocycles. The van der Waals surface area contributed by atoms with E-state index in [0.717, 1.165) is 37.9 Å². The second-order valence-electron chi connectivity index (χ2n) is 11.3. The lowest BCUT2D eigenvalue weighted by atomic mass is 9.58. The van der Waals surface area contributed by atoms with E-state index in [1.54, 1.807) is 25.1 Å². The predicted molar refractivity (Wildman–Crippen MR) is 147 cm³/mol. The molecule has 0 aliphatic heterocycles. The summed E-state index contributed by atoms with van der Waals surface area (Å²) < 4.78 is 11.6. The number of aliphatic hydroxyl groups excluding tert-OH is 1. The highest BCUT2D eigenvalue weighted by Crippen LogP contribution is 2.54. The first-order valence-corrected chi connectivity index (χ1v) is 13.6. The van der Waals surface area contributed by atoms with Gasteiger partial charge in [-0.25, -0.2) is 0 Å². The minimum absolute atomic E-state index is 0.0212. The minimum Gasteiger partial charge on any atom is -0.510 e. The molecule has 10 heteroatoms. The van der Waals surface area contributed by atoms with Crippen molar-refractivity contribution >= 4 is 29.0 Å². The molecule has 0 heterocycles. The number of carbonyl (C=O) groups excluding carboxylic acids is 4. The molecule has 0 radical (unpaired) electrons. The molecule has 216 valence electrons. The summed E-state index contributed by atoms with van der Waals surface area (Å²) >= 11 is 0. The van der Waals surface area contributed by atoms with Crippen LogP contribution in [0.1, 0.15) is 56.0 Å². The third-order valence-electron chi connectivity index (χ3n) is 8.13. The van der Waals surface area contributed by atoms with Gasteiger partial charge in [-0.3, -0.25) is 24.1 Å². The Labute approximate surface area is 234 Å². The van der Waals surface area contributed by atoms with Crippen LogP contribution in [0.3, 0.4) is 0 Å². The fraction of sp³-hybridized carbons (Fsp3) is 0.533. The SMILES string of the molecule is CCCCOc1ccc(N(C)C)c2c1C(=O)C1=C(OC(C)=O)[C@]3(O)C(=O)C(C(C)=O)=C(O)C(N(C)C)[C@@H]3C[C@@H]1C2. The third-order valence-corrected chi connectivity index (χ3v) is 8.13. The number of benzene rings is 1. The lowest BCUT2D eigenvalue weighted by molar-refractivity contribution is -0.156. The summed E-state index contributed by atoms with van der Waals surface area (Å²) in [5.74, 6) is -5.20. The number of fused-ring (bicyclic) bond motifs is 3. The van der Waals surface area contributed by atoms with Gasteiger partial charge in [0.25, 0.3) is 0 Å². The molecule has 40 heavy (non-hydrogen) atoms. The van der Waals surface area contributed by atoms with Crippen LogP contribution in [0.2, 0.25) is 0 Å². The van der Waals surface area contributed by atoms with Gasteiger partial charge in [-0.1, -0.05) is 13.3 Å². The van der Waals surface area contributed by atoms with Gasteiger partial charge < -0.3 is 24.6 Å². The van der Waals surface area contributed by atoms with E-state index in [-0.39, 0.29) is 12.0 Å². The Morgan fingerprint density at radius 1 is 1.12 bits per heavy atom. The molecule has 3 aliphatic rings. The van der Waals surface area contributed by atoms with Crippen LogP contribution in [-0.4, -0.2) is 84.9 Å². The normalized spacial score (nSPS) is 25.9. The number of nitrogens with zero attached hydrogens (tertiary/aromatic N) is 2. The number of unbranched alkanes of at least 4 members (excludes halogenated alkanes) is 1. The molecule has 4 rings (SSSR count). The molecule has 0 saturated carbocycles. The molecule has 1 aromatic rings. The Bertz CT molecular complexity index is 1340. The Kier molecular flexibility index (Phi) is 7.97. The maximum Gasteiger partial charge on any atom is 0.307 e. The molecule has 4 atom stereocenters. The van der Waals surface area contributed by atoms with E-state index in [1.165, 1.54) is 0 Å². The van der Waals surface area contributed by atoms with E-state index in [9.17, 15) is 29.4 Å². The van der Waals surface area contributed by atoms with Crippen molar-refractivity contribution in [2.75, 3.05) is 39.7 Å². The average molecular weight is 555 g/mol. The number of anilines is 1. The van der Waals surface area contributed by atoms with E-state index in [2.05, 4.69) is 0 Å². The largest absolute Gasteiger partial charge is 0.510 e. The van der Waals surface area contributed by atoms with E-state index < -0.39 is 63.9 Å². The Morgan fingerprint density at radius 3 is 2.35 bits per heavy atom. The molecule has 3 aliphatic carbocycles. The first-order chi connectivity index (χ1) is 18.8. The van der Waals surface area contributed by atoms with Crippen molar-refractivity contribution in [2.24, 2.45) is 11.8 Å². The number of likely N-dealkylation sites (N-methyl/N-ethyl adjacent to an activating group) is 1. The van der Waals surface area contributed by atoms with Crippen LogP contribution in [0.15, 0.2) is 34.8 Å². The Morgan fingerprint density at radius 2 is 1.80 bits per heavy atom. The van der Waals surface area contributed by atoms with Crippen molar-refractivity contribution in [3.8, 4) is 5.75 Å². The van der Waals surface area contributed by atoms with Crippen LogP contribution in [0.5, 0.6) is 5.75 Å². The first kappa shape index (κ1) is 29.5. The quantitative estimate of drug-likeness (QED) is 0.281. The number of hydrogen-bond donors (Lipinski definition) is 2. The summed E-state index contributed by atoms with van der Waals surface area (Å²) in [6.45, 7) is 4.67. The second-order valence-corrected chi connectivity index (χ2v) is 11.3. The summed E-state index contributed by atoms with van der Waals surface area (Å²) in [6.07, 6.45) is 2.16. The first-order valence-electron chi connectivity index (χ1n) is 13.6. The summed E-state index contributed by atoms with van der Waals surface area (Å²) in [5, 5.41) is 23.3. The smallest absolute Gasteiger partial charge is 0.307 e. The highest BCUT2D eigenvalue weighted by molar-refractivity contribution is 6.25. The number of allylic oxidation sites excluding steroid dienone is 1. The average Bonchev–Trinajstić information content (AvgIpc) is 2.85. The van der Waals surface area contributed by atoms with Crippen LogP contribution in [0.4, 0.5) is 5.69 Å². The molecule has 10 nitrogen and oxygen atoms in total. The van der Waals surface area contributed by atoms with Crippen molar-refractivity contribution in [2.45, 2.75) is 58.1 Å².